The molecule has 0 aliphatic carbocycles. The topological polar surface area (TPSA) is 67.9 Å². The third kappa shape index (κ3) is 5.36. The van der Waals surface area contributed by atoms with Crippen LogP contribution in [0.1, 0.15) is 23.3 Å². The molecule has 0 bridgehead atoms. The van der Waals surface area contributed by atoms with Crippen LogP contribution in [0.4, 0.5) is 5.69 Å². The van der Waals surface area contributed by atoms with Crippen molar-refractivity contribution in [2.24, 2.45) is 0 Å². The summed E-state index contributed by atoms with van der Waals surface area (Å²) in [4.78, 5) is 28.1. The van der Waals surface area contributed by atoms with Crippen molar-refractivity contribution in [2.45, 2.75) is 30.1 Å². The summed E-state index contributed by atoms with van der Waals surface area (Å²) in [6.45, 7) is 4.48. The molecule has 0 unspecified atom stereocenters. The summed E-state index contributed by atoms with van der Waals surface area (Å²) in [7, 11) is 3.45. The minimum absolute atomic E-state index is 0. The summed E-state index contributed by atoms with van der Waals surface area (Å²) >= 11 is 1.55. The number of benzene rings is 2. The van der Waals surface area contributed by atoms with Gasteiger partial charge in [-0.25, -0.2) is 0 Å². The molecular weight excluding hydrogens is 468 g/mol. The van der Waals surface area contributed by atoms with Gasteiger partial charge in [-0.3, -0.25) is 9.59 Å². The molecule has 0 saturated carbocycles. The van der Waals surface area contributed by atoms with Crippen molar-refractivity contribution in [1.29, 1.82) is 0 Å². The zero-order valence-corrected chi connectivity index (χ0v) is 20.0. The molecule has 2 atom stereocenters. The Bertz CT molecular complexity index is 891. The van der Waals surface area contributed by atoms with Crippen LogP contribution in [0.5, 0.6) is 5.75 Å². The molecule has 2 aromatic rings. The lowest BCUT2D eigenvalue weighted by Crippen LogP contribution is -2.45. The van der Waals surface area contributed by atoms with E-state index < -0.39 is 12.1 Å². The molecule has 1 N–H and O–H groups in total. The van der Waals surface area contributed by atoms with Gasteiger partial charge in [-0.1, -0.05) is 18.2 Å². The van der Waals surface area contributed by atoms with Gasteiger partial charge in [0.15, 0.2) is 6.10 Å². The first-order valence-corrected chi connectivity index (χ1v) is 10.4. The highest BCUT2D eigenvalue weighted by molar-refractivity contribution is 8.93. The number of rotatable bonds is 6. The summed E-state index contributed by atoms with van der Waals surface area (Å²) in [6, 6.07) is 13.6. The third-order valence-corrected chi connectivity index (χ3v) is 6.12. The van der Waals surface area contributed by atoms with E-state index in [0.29, 0.717) is 13.1 Å². The van der Waals surface area contributed by atoms with Gasteiger partial charge in [-0.15, -0.1) is 28.7 Å². The highest BCUT2D eigenvalue weighted by atomic mass is 79.9. The molecule has 1 aliphatic rings. The van der Waals surface area contributed by atoms with Gasteiger partial charge in [-0.05, 0) is 49.4 Å². The highest BCUT2D eigenvalue weighted by Gasteiger charge is 2.40. The summed E-state index contributed by atoms with van der Waals surface area (Å²) < 4.78 is 10.8. The lowest BCUT2D eigenvalue weighted by molar-refractivity contribution is -0.152. The number of halogens is 1. The predicted molar refractivity (Wildman–Crippen MR) is 125 cm³/mol. The number of carbonyl (C=O) groups is 2. The molecule has 0 fully saturated rings. The number of methoxy groups -OCH3 is 1. The zero-order chi connectivity index (χ0) is 21.0. The largest absolute Gasteiger partial charge is 0.497 e. The number of nitrogens with one attached hydrogen (secondary N) is 1. The molecule has 8 heteroatoms. The van der Waals surface area contributed by atoms with Gasteiger partial charge in [0.25, 0.3) is 5.91 Å². The fourth-order valence-electron chi connectivity index (χ4n) is 3.32. The predicted octanol–water partition coefficient (Wildman–Crippen LogP) is 3.91. The van der Waals surface area contributed by atoms with Crippen LogP contribution in [0, 0.1) is 6.92 Å². The van der Waals surface area contributed by atoms with E-state index in [4.69, 9.17) is 9.47 Å². The number of esters is 1. The average molecular weight is 495 g/mol. The molecule has 3 rings (SSSR count). The van der Waals surface area contributed by atoms with E-state index in [1.807, 2.05) is 50.4 Å². The number of hydrogen-bond acceptors (Lipinski definition) is 6. The fraction of sp³-hybridized carbons (Fsp3) is 0.364. The molecule has 2 aromatic carbocycles. The smallest absolute Gasteiger partial charge is 0.303 e. The zero-order valence-electron chi connectivity index (χ0n) is 17.5. The van der Waals surface area contributed by atoms with Crippen LogP contribution in [0.15, 0.2) is 47.4 Å². The quantitative estimate of drug-likeness (QED) is 0.613. The van der Waals surface area contributed by atoms with Crippen LogP contribution in [0.3, 0.4) is 0 Å². The SMILES string of the molecule is Br.CNCCN1C(=O)[C@@H](OC(C)=O)[C@@H](c2ccc(OC)cc2)Sc2cc(C)ccc21. The Hall–Kier alpha value is -2.03. The monoisotopic (exact) mass is 494 g/mol. The van der Waals surface area contributed by atoms with Gasteiger partial charge in [0.1, 0.15) is 5.75 Å². The number of thioether (sulfide) groups is 1. The number of nitrogens with zero attached hydrogens (tertiary/aromatic N) is 1. The first-order valence-electron chi connectivity index (χ1n) is 9.49. The second-order valence-corrected chi connectivity index (χ2v) is 8.09. The maximum atomic E-state index is 13.5. The van der Waals surface area contributed by atoms with E-state index in [2.05, 4.69) is 11.4 Å². The second kappa shape index (κ2) is 10.8. The summed E-state index contributed by atoms with van der Waals surface area (Å²) in [5.74, 6) is 0.0409. The Morgan fingerprint density at radius 2 is 1.90 bits per heavy atom. The highest BCUT2D eigenvalue weighted by Crippen LogP contribution is 2.47. The second-order valence-electron chi connectivity index (χ2n) is 6.91. The number of anilines is 1. The van der Waals surface area contributed by atoms with Crippen LogP contribution < -0.4 is 15.0 Å². The molecule has 6 nitrogen and oxygen atoms in total. The number of carbonyl (C=O) groups excluding carboxylic acids is 2. The van der Waals surface area contributed by atoms with Gasteiger partial charge in [0.2, 0.25) is 0 Å². The van der Waals surface area contributed by atoms with Gasteiger partial charge < -0.3 is 19.7 Å². The molecule has 1 amide bonds. The Morgan fingerprint density at radius 3 is 2.50 bits per heavy atom. The first kappa shape index (κ1) is 24.2. The van der Waals surface area contributed by atoms with Crippen molar-refractivity contribution in [3.63, 3.8) is 0 Å². The lowest BCUT2D eigenvalue weighted by atomic mass is 10.1. The fourth-order valence-corrected chi connectivity index (χ4v) is 4.74. The van der Waals surface area contributed by atoms with E-state index in [-0.39, 0.29) is 28.1 Å². The van der Waals surface area contributed by atoms with Crippen molar-refractivity contribution in [3.05, 3.63) is 53.6 Å². The number of hydrogen-bond donors (Lipinski definition) is 1. The van der Waals surface area contributed by atoms with Crippen LogP contribution in [-0.4, -0.2) is 45.2 Å². The maximum Gasteiger partial charge on any atom is 0.303 e. The summed E-state index contributed by atoms with van der Waals surface area (Å²) in [5.41, 5.74) is 2.85. The van der Waals surface area contributed by atoms with Gasteiger partial charge >= 0.3 is 5.97 Å². The van der Waals surface area contributed by atoms with Crippen molar-refractivity contribution in [3.8, 4) is 5.75 Å². The van der Waals surface area contributed by atoms with E-state index >= 15 is 0 Å². The third-order valence-electron chi connectivity index (χ3n) is 4.77. The average Bonchev–Trinajstić information content (AvgIpc) is 2.81. The Morgan fingerprint density at radius 1 is 1.20 bits per heavy atom. The van der Waals surface area contributed by atoms with Gasteiger partial charge in [0.05, 0.1) is 18.0 Å². The maximum absolute atomic E-state index is 13.5. The standard InChI is InChI=1S/C22H26N2O4S.BrH/c1-14-5-10-18-19(13-14)29-21(16-6-8-17(27-4)9-7-16)20(28-15(2)25)22(26)24(18)12-11-23-3;/h5-10,13,20-21,23H,11-12H2,1-4H3;1H/t20-,21+;/m0./s1. The van der Waals surface area contributed by atoms with Crippen molar-refractivity contribution >= 4 is 46.3 Å². The Balaban J connectivity index is 0.00000320. The van der Waals surface area contributed by atoms with E-state index in [0.717, 1.165) is 27.5 Å². The first-order chi connectivity index (χ1) is 13.9. The molecule has 0 aromatic heterocycles. The number of ether oxygens (including phenoxy) is 2. The Kier molecular flexibility index (Phi) is 8.76. The summed E-state index contributed by atoms with van der Waals surface area (Å²) in [6.07, 6.45) is -0.921. The van der Waals surface area contributed by atoms with Gasteiger partial charge in [-0.2, -0.15) is 0 Å². The van der Waals surface area contributed by atoms with Crippen LogP contribution in [0.25, 0.3) is 0 Å². The van der Waals surface area contributed by atoms with Crippen molar-refractivity contribution in [2.75, 3.05) is 32.1 Å². The van der Waals surface area contributed by atoms with Crippen LogP contribution in [-0.2, 0) is 14.3 Å². The number of aryl methyl sites for hydroxylation is 1. The molecule has 1 aliphatic heterocycles. The molecule has 0 radical (unpaired) electrons. The molecule has 30 heavy (non-hydrogen) atoms. The van der Waals surface area contributed by atoms with Crippen LogP contribution >= 0.6 is 28.7 Å². The van der Waals surface area contributed by atoms with E-state index in [1.165, 1.54) is 6.92 Å². The number of fused-ring (bicyclic) bond motifs is 1. The molecular formula is C22H27BrN2O4S. The van der Waals surface area contributed by atoms with Crippen LogP contribution in [0.2, 0.25) is 0 Å². The van der Waals surface area contributed by atoms with Crippen molar-refractivity contribution < 1.29 is 19.1 Å². The number of amides is 1. The summed E-state index contributed by atoms with van der Waals surface area (Å²) in [5, 5.41) is 2.72. The Labute approximate surface area is 192 Å². The minimum Gasteiger partial charge on any atom is -0.497 e. The van der Waals surface area contributed by atoms with E-state index in [9.17, 15) is 9.59 Å². The normalized spacial score (nSPS) is 18.1. The molecule has 1 heterocycles. The minimum atomic E-state index is -0.921. The molecule has 0 saturated heterocycles. The molecule has 162 valence electrons. The lowest BCUT2D eigenvalue weighted by Gasteiger charge is -2.27. The van der Waals surface area contributed by atoms with Crippen molar-refractivity contribution in [1.82, 2.24) is 5.32 Å². The van der Waals surface area contributed by atoms with E-state index in [1.54, 1.807) is 23.8 Å². The number of likely N-dealkylation sites (N-methyl/N-ethyl adjacent to an activating group) is 1. The van der Waals surface area contributed by atoms with Gasteiger partial charge in [0, 0.05) is 24.9 Å². The molecule has 0 spiro atoms.